The Labute approximate surface area is 91.1 Å². The number of alkyl halides is 1. The molecule has 2 unspecified atom stereocenters. The third-order valence-electron chi connectivity index (χ3n) is 1.87. The van der Waals surface area contributed by atoms with Crippen LogP contribution < -0.4 is 0 Å². The van der Waals surface area contributed by atoms with E-state index in [2.05, 4.69) is 0 Å². The highest BCUT2D eigenvalue weighted by Gasteiger charge is 2.40. The van der Waals surface area contributed by atoms with Gasteiger partial charge in [0.25, 0.3) is 0 Å². The Hall–Kier alpha value is -0.390. The van der Waals surface area contributed by atoms with Gasteiger partial charge in [-0.2, -0.15) is 0 Å². The Balaban J connectivity index is 2.56. The highest BCUT2D eigenvalue weighted by molar-refractivity contribution is 8.00. The average molecular weight is 236 g/mol. The molecule has 6 heteroatoms. The van der Waals surface area contributed by atoms with Gasteiger partial charge in [0, 0.05) is 13.0 Å². The maximum Gasteiger partial charge on any atom is 0.187 e. The number of aldehydes is 1. The molecule has 0 aromatic rings. The van der Waals surface area contributed by atoms with Crippen molar-refractivity contribution in [1.29, 1.82) is 0 Å². The van der Waals surface area contributed by atoms with E-state index in [9.17, 15) is 14.4 Å². The maximum absolute atomic E-state index is 11.3. The van der Waals surface area contributed by atoms with Crippen LogP contribution in [0.5, 0.6) is 0 Å². The van der Waals surface area contributed by atoms with Gasteiger partial charge in [-0.15, -0.1) is 11.6 Å². The number of hydrogen-bond acceptors (Lipinski definition) is 5. The van der Waals surface area contributed by atoms with E-state index in [1.54, 1.807) is 4.31 Å². The molecule has 4 nitrogen and oxygen atoms in total. The summed E-state index contributed by atoms with van der Waals surface area (Å²) in [6.07, 6.45) is 0.895. The van der Waals surface area contributed by atoms with Crippen molar-refractivity contribution in [1.82, 2.24) is 4.31 Å². The van der Waals surface area contributed by atoms with Crippen LogP contribution in [0.4, 0.5) is 0 Å². The van der Waals surface area contributed by atoms with E-state index in [0.29, 0.717) is 19.3 Å². The molecule has 0 N–H and O–H groups in total. The number of rotatable bonds is 4. The van der Waals surface area contributed by atoms with Crippen LogP contribution in [-0.4, -0.2) is 39.5 Å². The van der Waals surface area contributed by atoms with Gasteiger partial charge >= 0.3 is 0 Å². The van der Waals surface area contributed by atoms with Crippen LogP contribution in [0.3, 0.4) is 0 Å². The van der Waals surface area contributed by atoms with Crippen LogP contribution in [0.15, 0.2) is 0 Å². The Kier molecular flexibility index (Phi) is 4.10. The summed E-state index contributed by atoms with van der Waals surface area (Å²) in [5.41, 5.74) is 0. The summed E-state index contributed by atoms with van der Waals surface area (Å²) < 4.78 is 0.867. The van der Waals surface area contributed by atoms with Crippen LogP contribution in [0.1, 0.15) is 13.3 Å². The maximum atomic E-state index is 11.3. The Morgan fingerprint density at radius 2 is 2.36 bits per heavy atom. The summed E-state index contributed by atoms with van der Waals surface area (Å²) >= 11 is 6.79. The molecule has 0 spiro atoms. The molecule has 1 saturated heterocycles. The van der Waals surface area contributed by atoms with Gasteiger partial charge in [0.1, 0.15) is 18.1 Å². The zero-order valence-corrected chi connectivity index (χ0v) is 9.18. The van der Waals surface area contributed by atoms with Crippen LogP contribution in [-0.2, 0) is 14.4 Å². The van der Waals surface area contributed by atoms with Crippen molar-refractivity contribution in [2.45, 2.75) is 24.1 Å². The van der Waals surface area contributed by atoms with Gasteiger partial charge in [-0.25, -0.2) is 4.31 Å². The molecule has 14 heavy (non-hydrogen) atoms. The molecule has 0 saturated carbocycles. The fraction of sp³-hybridized carbons (Fsp3) is 0.625. The van der Waals surface area contributed by atoms with Crippen LogP contribution in [0, 0.1) is 0 Å². The zero-order valence-electron chi connectivity index (χ0n) is 7.60. The molecule has 1 aliphatic rings. The average Bonchev–Trinajstić information content (AvgIpc) is 2.39. The zero-order chi connectivity index (χ0) is 10.7. The number of Topliss-reactive ketones (excluding diaryl/α,β-unsaturated/α-hetero) is 2. The predicted molar refractivity (Wildman–Crippen MR) is 54.1 cm³/mol. The quantitative estimate of drug-likeness (QED) is 0.310. The van der Waals surface area contributed by atoms with Crippen molar-refractivity contribution in [3.63, 3.8) is 0 Å². The molecular formula is C8H10ClNO3S. The van der Waals surface area contributed by atoms with Crippen molar-refractivity contribution >= 4 is 41.4 Å². The minimum absolute atomic E-state index is 0.0284. The summed E-state index contributed by atoms with van der Waals surface area (Å²) in [5.74, 6) is -0.268. The third-order valence-corrected chi connectivity index (χ3v) is 3.42. The van der Waals surface area contributed by atoms with E-state index >= 15 is 0 Å². The van der Waals surface area contributed by atoms with Crippen LogP contribution >= 0.6 is 23.5 Å². The normalized spacial score (nSPS) is 28.0. The summed E-state index contributed by atoms with van der Waals surface area (Å²) in [6.45, 7) is 1.86. The predicted octanol–water partition coefficient (Wildman–Crippen LogP) is 0.631. The molecule has 0 amide bonds. The molecule has 0 aliphatic carbocycles. The SMILES string of the molecule is CC(=O)CCN1SC(Cl)C(=O)C1C=O. The van der Waals surface area contributed by atoms with Crippen molar-refractivity contribution in [2.24, 2.45) is 0 Å². The Morgan fingerprint density at radius 3 is 2.86 bits per heavy atom. The van der Waals surface area contributed by atoms with Gasteiger partial charge in [-0.3, -0.25) is 9.59 Å². The first kappa shape index (κ1) is 11.7. The molecule has 0 aromatic carbocycles. The second kappa shape index (κ2) is 4.91. The van der Waals surface area contributed by atoms with E-state index in [4.69, 9.17) is 11.6 Å². The first-order valence-corrected chi connectivity index (χ1v) is 5.39. The van der Waals surface area contributed by atoms with E-state index in [1.807, 2.05) is 0 Å². The molecule has 0 bridgehead atoms. The molecule has 1 heterocycles. The molecule has 0 radical (unpaired) electrons. The number of carbonyl (C=O) groups is 3. The topological polar surface area (TPSA) is 54.5 Å². The highest BCUT2D eigenvalue weighted by atomic mass is 35.5. The second-order valence-electron chi connectivity index (χ2n) is 3.00. The lowest BCUT2D eigenvalue weighted by Gasteiger charge is -2.15. The lowest BCUT2D eigenvalue weighted by atomic mass is 10.2. The van der Waals surface area contributed by atoms with Gasteiger partial charge in [-0.1, -0.05) is 0 Å². The summed E-state index contributed by atoms with van der Waals surface area (Å²) in [6, 6.07) is -0.790. The summed E-state index contributed by atoms with van der Waals surface area (Å²) in [7, 11) is 0. The fourth-order valence-corrected chi connectivity index (χ4v) is 2.51. The van der Waals surface area contributed by atoms with Gasteiger partial charge < -0.3 is 4.79 Å². The lowest BCUT2D eigenvalue weighted by molar-refractivity contribution is -0.125. The minimum Gasteiger partial charge on any atom is -0.301 e. The van der Waals surface area contributed by atoms with Crippen molar-refractivity contribution in [3.05, 3.63) is 0 Å². The monoisotopic (exact) mass is 235 g/mol. The number of hydrogen-bond donors (Lipinski definition) is 0. The van der Waals surface area contributed by atoms with E-state index in [0.717, 1.165) is 11.9 Å². The van der Waals surface area contributed by atoms with E-state index in [-0.39, 0.29) is 11.6 Å². The minimum atomic E-state index is -0.790. The molecule has 1 fully saturated rings. The third kappa shape index (κ3) is 2.56. The fourth-order valence-electron chi connectivity index (χ4n) is 1.11. The number of nitrogens with zero attached hydrogens (tertiary/aromatic N) is 1. The highest BCUT2D eigenvalue weighted by Crippen LogP contribution is 2.32. The van der Waals surface area contributed by atoms with Gasteiger partial charge in [0.15, 0.2) is 10.5 Å². The largest absolute Gasteiger partial charge is 0.301 e. The van der Waals surface area contributed by atoms with Crippen LogP contribution in [0.25, 0.3) is 0 Å². The second-order valence-corrected chi connectivity index (χ2v) is 4.84. The number of carbonyl (C=O) groups excluding carboxylic acids is 3. The number of ketones is 2. The summed E-state index contributed by atoms with van der Waals surface area (Å²) in [4.78, 5) is 32.6. The van der Waals surface area contributed by atoms with Gasteiger partial charge in [0.2, 0.25) is 0 Å². The first-order chi connectivity index (χ1) is 6.56. The molecular weight excluding hydrogens is 226 g/mol. The van der Waals surface area contributed by atoms with Crippen molar-refractivity contribution in [3.8, 4) is 0 Å². The lowest BCUT2D eigenvalue weighted by Crippen LogP contribution is -2.33. The van der Waals surface area contributed by atoms with E-state index < -0.39 is 10.8 Å². The molecule has 1 rings (SSSR count). The standard InChI is InChI=1S/C8H10ClNO3S/c1-5(12)2-3-10-6(4-11)7(13)8(9)14-10/h4,6,8H,2-3H2,1H3. The molecule has 78 valence electrons. The van der Waals surface area contributed by atoms with Crippen molar-refractivity contribution in [2.75, 3.05) is 6.54 Å². The number of halogens is 1. The van der Waals surface area contributed by atoms with Crippen LogP contribution in [0.2, 0.25) is 0 Å². The van der Waals surface area contributed by atoms with Gasteiger partial charge in [0.05, 0.1) is 0 Å². The van der Waals surface area contributed by atoms with E-state index in [1.165, 1.54) is 6.92 Å². The Morgan fingerprint density at radius 1 is 1.71 bits per heavy atom. The summed E-state index contributed by atoms with van der Waals surface area (Å²) in [5, 5.41) is 0. The molecule has 0 aromatic heterocycles. The first-order valence-electron chi connectivity index (χ1n) is 4.12. The Bertz CT molecular complexity index is 271. The smallest absolute Gasteiger partial charge is 0.187 e. The molecule has 2 atom stereocenters. The molecule has 1 aliphatic heterocycles. The van der Waals surface area contributed by atoms with Crippen molar-refractivity contribution < 1.29 is 14.4 Å². The van der Waals surface area contributed by atoms with Gasteiger partial charge in [-0.05, 0) is 18.9 Å².